The van der Waals surface area contributed by atoms with Gasteiger partial charge in [-0.1, -0.05) is 11.3 Å². The van der Waals surface area contributed by atoms with Gasteiger partial charge in [0.15, 0.2) is 18.2 Å². The lowest BCUT2D eigenvalue weighted by molar-refractivity contribution is -0.111. The number of hydrogen-bond acceptors (Lipinski definition) is 6. The number of hydrogen-bond donors (Lipinski definition) is 0. The molecule has 0 N–H and O–H groups in total. The molecule has 0 aromatic heterocycles. The van der Waals surface area contributed by atoms with Crippen LogP contribution in [-0.2, 0) is 4.79 Å². The van der Waals surface area contributed by atoms with Crippen LogP contribution in [-0.4, -0.2) is 31.6 Å². The Morgan fingerprint density at radius 1 is 1.47 bits per heavy atom. The topological polar surface area (TPSA) is 57.5 Å². The van der Waals surface area contributed by atoms with Gasteiger partial charge in [-0.15, -0.1) is 0 Å². The molecule has 1 atom stereocenters. The van der Waals surface area contributed by atoms with Crippen LogP contribution in [0, 0.1) is 0 Å². The first-order valence-corrected chi connectivity index (χ1v) is 5.69. The van der Waals surface area contributed by atoms with E-state index in [1.165, 1.54) is 10.0 Å². The van der Waals surface area contributed by atoms with Crippen LogP contribution in [0.2, 0.25) is 0 Å². The Labute approximate surface area is 107 Å². The van der Waals surface area contributed by atoms with E-state index in [0.29, 0.717) is 11.4 Å². The highest BCUT2D eigenvalue weighted by Gasteiger charge is 2.30. The minimum Gasteiger partial charge on any atom is -0.493 e. The third-order valence-electron chi connectivity index (χ3n) is 2.43. The van der Waals surface area contributed by atoms with Crippen LogP contribution in [0.3, 0.4) is 0 Å². The second-order valence-corrected chi connectivity index (χ2v) is 4.29. The number of carbonyl (C=O) groups excluding carboxylic acids is 1. The standard InChI is InChI=1S/C10H11BrN4O2/c1-14-9(6-16)15(13-12-14)8-5-3-4-7(11)10(8)17-2/h3-6,9H,1-2H3. The Morgan fingerprint density at radius 2 is 2.24 bits per heavy atom. The summed E-state index contributed by atoms with van der Waals surface area (Å²) in [5.41, 5.74) is 0.687. The fraction of sp³-hybridized carbons (Fsp3) is 0.300. The molecule has 1 aliphatic rings. The van der Waals surface area contributed by atoms with Crippen molar-refractivity contribution in [3.8, 4) is 5.75 Å². The van der Waals surface area contributed by atoms with Crippen molar-refractivity contribution < 1.29 is 9.53 Å². The van der Waals surface area contributed by atoms with E-state index < -0.39 is 6.17 Å². The maximum atomic E-state index is 11.0. The van der Waals surface area contributed by atoms with Crippen LogP contribution in [0.5, 0.6) is 5.75 Å². The highest BCUT2D eigenvalue weighted by atomic mass is 79.9. The molecule has 1 aromatic carbocycles. The normalized spacial score (nSPS) is 18.6. The number of anilines is 1. The number of methoxy groups -OCH3 is 1. The van der Waals surface area contributed by atoms with E-state index in [4.69, 9.17) is 4.74 Å². The Bertz CT molecular complexity index is 466. The SMILES string of the molecule is COc1c(Br)cccc1N1N=NN(C)C1C=O. The summed E-state index contributed by atoms with van der Waals surface area (Å²) in [5.74, 6) is 0.619. The van der Waals surface area contributed by atoms with Gasteiger partial charge in [-0.05, 0) is 33.3 Å². The van der Waals surface area contributed by atoms with Crippen LogP contribution < -0.4 is 9.75 Å². The van der Waals surface area contributed by atoms with Gasteiger partial charge in [-0.3, -0.25) is 4.79 Å². The fourth-order valence-corrected chi connectivity index (χ4v) is 2.10. The molecule has 17 heavy (non-hydrogen) atoms. The summed E-state index contributed by atoms with van der Waals surface area (Å²) in [6, 6.07) is 5.52. The number of carbonyl (C=O) groups is 1. The summed E-state index contributed by atoms with van der Waals surface area (Å²) in [6.07, 6.45) is 0.235. The largest absolute Gasteiger partial charge is 0.493 e. The molecule has 0 saturated heterocycles. The molecule has 0 fully saturated rings. The van der Waals surface area contributed by atoms with E-state index >= 15 is 0 Å². The van der Waals surface area contributed by atoms with Crippen LogP contribution >= 0.6 is 15.9 Å². The average molecular weight is 299 g/mol. The second-order valence-electron chi connectivity index (χ2n) is 3.44. The molecule has 0 aliphatic carbocycles. The van der Waals surface area contributed by atoms with Gasteiger partial charge in [0.25, 0.3) is 0 Å². The van der Waals surface area contributed by atoms with Gasteiger partial charge in [0, 0.05) is 7.05 Å². The lowest BCUT2D eigenvalue weighted by atomic mass is 10.2. The van der Waals surface area contributed by atoms with Crippen LogP contribution in [0.15, 0.2) is 33.1 Å². The number of benzene rings is 1. The molecule has 0 saturated carbocycles. The van der Waals surface area contributed by atoms with Gasteiger partial charge < -0.3 is 4.74 Å². The molecular weight excluding hydrogens is 288 g/mol. The lowest BCUT2D eigenvalue weighted by Gasteiger charge is -2.22. The number of aldehydes is 1. The van der Waals surface area contributed by atoms with Crippen molar-refractivity contribution >= 4 is 27.9 Å². The van der Waals surface area contributed by atoms with Crippen molar-refractivity contribution in [2.45, 2.75) is 6.17 Å². The van der Waals surface area contributed by atoms with E-state index in [1.54, 1.807) is 14.2 Å². The smallest absolute Gasteiger partial charge is 0.197 e. The zero-order chi connectivity index (χ0) is 12.4. The number of halogens is 1. The van der Waals surface area contributed by atoms with E-state index in [1.807, 2.05) is 18.2 Å². The molecule has 6 nitrogen and oxygen atoms in total. The summed E-state index contributed by atoms with van der Waals surface area (Å²) in [7, 11) is 3.25. The summed E-state index contributed by atoms with van der Waals surface area (Å²) < 4.78 is 6.09. The van der Waals surface area contributed by atoms with Crippen molar-refractivity contribution in [1.82, 2.24) is 5.01 Å². The molecule has 1 unspecified atom stereocenters. The maximum absolute atomic E-state index is 11.0. The zero-order valence-electron chi connectivity index (χ0n) is 9.37. The monoisotopic (exact) mass is 298 g/mol. The number of likely N-dealkylation sites (N-methyl/N-ethyl adjacent to an activating group) is 1. The molecule has 0 radical (unpaired) electrons. The lowest BCUT2D eigenvalue weighted by Crippen LogP contribution is -2.37. The van der Waals surface area contributed by atoms with Crippen LogP contribution in [0.25, 0.3) is 0 Å². The molecule has 1 aliphatic heterocycles. The zero-order valence-corrected chi connectivity index (χ0v) is 11.0. The summed E-state index contributed by atoms with van der Waals surface area (Å²) in [6.45, 7) is 0. The first kappa shape index (κ1) is 11.8. The minimum atomic E-state index is -0.543. The van der Waals surface area contributed by atoms with Gasteiger partial charge in [0.1, 0.15) is 5.69 Å². The Morgan fingerprint density at radius 3 is 2.88 bits per heavy atom. The highest BCUT2D eigenvalue weighted by molar-refractivity contribution is 9.10. The van der Waals surface area contributed by atoms with Gasteiger partial charge in [-0.25, -0.2) is 10.0 Å². The first-order chi connectivity index (χ1) is 8.19. The van der Waals surface area contributed by atoms with E-state index in [-0.39, 0.29) is 0 Å². The molecule has 7 heteroatoms. The summed E-state index contributed by atoms with van der Waals surface area (Å²) in [5, 5.41) is 10.8. The average Bonchev–Trinajstić information content (AvgIpc) is 2.69. The number of para-hydroxylation sites is 1. The molecule has 0 spiro atoms. The number of rotatable bonds is 3. The molecule has 0 amide bonds. The summed E-state index contributed by atoms with van der Waals surface area (Å²) in [4.78, 5) is 11.0. The Hall–Kier alpha value is -1.63. The molecule has 1 heterocycles. The Balaban J connectivity index is 2.44. The third kappa shape index (κ3) is 1.97. The van der Waals surface area contributed by atoms with Gasteiger partial charge in [0.05, 0.1) is 11.6 Å². The van der Waals surface area contributed by atoms with Crippen molar-refractivity contribution in [2.24, 2.45) is 10.4 Å². The van der Waals surface area contributed by atoms with Crippen molar-refractivity contribution in [1.29, 1.82) is 0 Å². The molecule has 2 rings (SSSR count). The molecular formula is C10H11BrN4O2. The van der Waals surface area contributed by atoms with Gasteiger partial charge in [-0.2, -0.15) is 0 Å². The van der Waals surface area contributed by atoms with Crippen molar-refractivity contribution in [2.75, 3.05) is 19.2 Å². The third-order valence-corrected chi connectivity index (χ3v) is 3.05. The van der Waals surface area contributed by atoms with Gasteiger partial charge >= 0.3 is 0 Å². The minimum absolute atomic E-state index is 0.543. The maximum Gasteiger partial charge on any atom is 0.197 e. The van der Waals surface area contributed by atoms with E-state index in [0.717, 1.165) is 10.8 Å². The van der Waals surface area contributed by atoms with Crippen LogP contribution in [0.4, 0.5) is 5.69 Å². The second kappa shape index (κ2) is 4.70. The quantitative estimate of drug-likeness (QED) is 0.801. The van der Waals surface area contributed by atoms with Crippen molar-refractivity contribution in [3.63, 3.8) is 0 Å². The van der Waals surface area contributed by atoms with E-state index in [2.05, 4.69) is 26.4 Å². The van der Waals surface area contributed by atoms with Gasteiger partial charge in [0.2, 0.25) is 0 Å². The predicted molar refractivity (Wildman–Crippen MR) is 65.6 cm³/mol. The van der Waals surface area contributed by atoms with Crippen LogP contribution in [0.1, 0.15) is 0 Å². The summed E-state index contributed by atoms with van der Waals surface area (Å²) >= 11 is 3.39. The molecule has 0 bridgehead atoms. The Kier molecular flexibility index (Phi) is 3.28. The number of ether oxygens (including phenoxy) is 1. The molecule has 90 valence electrons. The first-order valence-electron chi connectivity index (χ1n) is 4.90. The number of nitrogens with zero attached hydrogens (tertiary/aromatic N) is 4. The fourth-order valence-electron chi connectivity index (χ4n) is 1.59. The van der Waals surface area contributed by atoms with E-state index in [9.17, 15) is 4.79 Å². The highest BCUT2D eigenvalue weighted by Crippen LogP contribution is 2.37. The van der Waals surface area contributed by atoms with Crippen molar-refractivity contribution in [3.05, 3.63) is 22.7 Å². The predicted octanol–water partition coefficient (Wildman–Crippen LogP) is 2.02. The molecule has 1 aromatic rings.